The van der Waals surface area contributed by atoms with Crippen molar-refractivity contribution in [3.8, 4) is 5.75 Å². The first-order chi connectivity index (χ1) is 14.2. The van der Waals surface area contributed by atoms with Crippen molar-refractivity contribution in [2.45, 2.75) is 26.2 Å². The number of piperidine rings is 1. The number of anilines is 3. The van der Waals surface area contributed by atoms with Crippen LogP contribution in [0.3, 0.4) is 0 Å². The Balaban J connectivity index is 1.43. The molecule has 1 saturated heterocycles. The summed E-state index contributed by atoms with van der Waals surface area (Å²) in [5.41, 5.74) is 2.34. The number of hydrogen-bond acceptors (Lipinski definition) is 5. The Morgan fingerprint density at radius 1 is 1.00 bits per heavy atom. The summed E-state index contributed by atoms with van der Waals surface area (Å²) in [6.45, 7) is 4.00. The average Bonchev–Trinajstić information content (AvgIpc) is 2.75. The van der Waals surface area contributed by atoms with Crippen molar-refractivity contribution >= 4 is 17.3 Å². The molecule has 0 unspecified atom stereocenters. The van der Waals surface area contributed by atoms with Gasteiger partial charge in [0.1, 0.15) is 23.2 Å². The lowest BCUT2D eigenvalue weighted by molar-refractivity contribution is 0.402. The van der Waals surface area contributed by atoms with Crippen molar-refractivity contribution in [3.05, 3.63) is 72.1 Å². The smallest absolute Gasteiger partial charge is 0.142 e. The van der Waals surface area contributed by atoms with E-state index in [1.165, 1.54) is 18.4 Å². The van der Waals surface area contributed by atoms with Gasteiger partial charge in [0.25, 0.3) is 0 Å². The summed E-state index contributed by atoms with van der Waals surface area (Å²) in [5, 5.41) is 3.38. The molecule has 0 bridgehead atoms. The second-order valence-corrected chi connectivity index (χ2v) is 7.60. The van der Waals surface area contributed by atoms with Crippen LogP contribution in [0.4, 0.5) is 17.3 Å². The van der Waals surface area contributed by atoms with Crippen molar-refractivity contribution in [3.63, 3.8) is 0 Å². The number of ether oxygens (including phenoxy) is 1. The van der Waals surface area contributed by atoms with Crippen molar-refractivity contribution in [2.24, 2.45) is 5.92 Å². The predicted molar refractivity (Wildman–Crippen MR) is 118 cm³/mol. The number of hydrogen-bond donors (Lipinski definition) is 1. The molecule has 4 rings (SSSR count). The molecule has 1 N–H and O–H groups in total. The van der Waals surface area contributed by atoms with Gasteiger partial charge in [0.2, 0.25) is 0 Å². The zero-order valence-corrected chi connectivity index (χ0v) is 17.1. The van der Waals surface area contributed by atoms with Crippen LogP contribution in [0.5, 0.6) is 5.75 Å². The predicted octanol–water partition coefficient (Wildman–Crippen LogP) is 5.00. The van der Waals surface area contributed by atoms with Gasteiger partial charge in [-0.2, -0.15) is 0 Å². The molecule has 5 nitrogen and oxygen atoms in total. The second kappa shape index (κ2) is 8.95. The first kappa shape index (κ1) is 19.2. The largest absolute Gasteiger partial charge is 0.495 e. The van der Waals surface area contributed by atoms with Crippen molar-refractivity contribution < 1.29 is 4.74 Å². The topological polar surface area (TPSA) is 50.3 Å². The molecule has 0 amide bonds. The van der Waals surface area contributed by atoms with Crippen LogP contribution >= 0.6 is 0 Å². The Labute approximate surface area is 172 Å². The minimum absolute atomic E-state index is 0.739. The fourth-order valence-electron chi connectivity index (χ4n) is 3.98. The standard InChI is InChI=1S/C24H28N4O/c1-18-25-23(27-21-10-6-7-11-22(21)29-2)17-24(26-18)28-14-12-20(13-15-28)16-19-8-4-3-5-9-19/h3-11,17,20H,12-16H2,1-2H3,(H,25,26,27). The summed E-state index contributed by atoms with van der Waals surface area (Å²) in [6, 6.07) is 20.7. The summed E-state index contributed by atoms with van der Waals surface area (Å²) in [7, 11) is 1.68. The summed E-state index contributed by atoms with van der Waals surface area (Å²) < 4.78 is 5.44. The highest BCUT2D eigenvalue weighted by Crippen LogP contribution is 2.29. The molecule has 1 fully saturated rings. The molecule has 1 aliphatic rings. The van der Waals surface area contributed by atoms with Gasteiger partial charge >= 0.3 is 0 Å². The summed E-state index contributed by atoms with van der Waals surface area (Å²) in [6.07, 6.45) is 3.54. The quantitative estimate of drug-likeness (QED) is 0.644. The maximum Gasteiger partial charge on any atom is 0.142 e. The Morgan fingerprint density at radius 3 is 2.48 bits per heavy atom. The number of rotatable bonds is 6. The second-order valence-electron chi connectivity index (χ2n) is 7.60. The Bertz CT molecular complexity index is 937. The molecule has 29 heavy (non-hydrogen) atoms. The van der Waals surface area contributed by atoms with Gasteiger partial charge in [-0.3, -0.25) is 0 Å². The van der Waals surface area contributed by atoms with E-state index in [1.54, 1.807) is 7.11 Å². The van der Waals surface area contributed by atoms with Gasteiger partial charge in [-0.15, -0.1) is 0 Å². The molecule has 0 saturated carbocycles. The van der Waals surface area contributed by atoms with E-state index < -0.39 is 0 Å². The van der Waals surface area contributed by atoms with Crippen molar-refractivity contribution in [1.82, 2.24) is 9.97 Å². The molecule has 5 heteroatoms. The molecule has 1 aromatic heterocycles. The lowest BCUT2D eigenvalue weighted by Gasteiger charge is -2.33. The van der Waals surface area contributed by atoms with Gasteiger partial charge in [-0.25, -0.2) is 9.97 Å². The zero-order chi connectivity index (χ0) is 20.1. The number of aryl methyl sites for hydroxylation is 1. The van der Waals surface area contributed by atoms with Gasteiger partial charge in [0.15, 0.2) is 0 Å². The Hall–Kier alpha value is -3.08. The van der Waals surface area contributed by atoms with Gasteiger partial charge in [-0.05, 0) is 49.8 Å². The number of para-hydroxylation sites is 2. The van der Waals surface area contributed by atoms with Crippen LogP contribution in [0.25, 0.3) is 0 Å². The van der Waals surface area contributed by atoms with E-state index in [4.69, 9.17) is 9.72 Å². The maximum absolute atomic E-state index is 5.44. The van der Waals surface area contributed by atoms with Crippen LogP contribution in [-0.2, 0) is 6.42 Å². The Morgan fingerprint density at radius 2 is 1.72 bits per heavy atom. The van der Waals surface area contributed by atoms with Gasteiger partial charge in [-0.1, -0.05) is 42.5 Å². The highest BCUT2D eigenvalue weighted by Gasteiger charge is 2.21. The van der Waals surface area contributed by atoms with Crippen LogP contribution in [0.1, 0.15) is 24.2 Å². The van der Waals surface area contributed by atoms with E-state index in [0.29, 0.717) is 0 Å². The average molecular weight is 389 g/mol. The molecule has 0 aliphatic carbocycles. The molecule has 0 atom stereocenters. The van der Waals surface area contributed by atoms with Crippen LogP contribution in [0.2, 0.25) is 0 Å². The van der Waals surface area contributed by atoms with Crippen LogP contribution in [0.15, 0.2) is 60.7 Å². The van der Waals surface area contributed by atoms with Gasteiger partial charge in [0.05, 0.1) is 12.8 Å². The van der Waals surface area contributed by atoms with Gasteiger partial charge in [0, 0.05) is 19.2 Å². The van der Waals surface area contributed by atoms with Crippen molar-refractivity contribution in [1.29, 1.82) is 0 Å². The molecule has 1 aliphatic heterocycles. The van der Waals surface area contributed by atoms with E-state index in [2.05, 4.69) is 45.5 Å². The maximum atomic E-state index is 5.44. The van der Waals surface area contributed by atoms with E-state index in [0.717, 1.165) is 54.3 Å². The SMILES string of the molecule is COc1ccccc1Nc1cc(N2CCC(Cc3ccccc3)CC2)nc(C)n1. The normalized spacial score (nSPS) is 14.6. The van der Waals surface area contributed by atoms with Crippen LogP contribution in [-0.4, -0.2) is 30.2 Å². The summed E-state index contributed by atoms with van der Waals surface area (Å²) in [5.74, 6) is 4.09. The number of aromatic nitrogens is 2. The molecule has 0 radical (unpaired) electrons. The zero-order valence-electron chi connectivity index (χ0n) is 17.1. The molecule has 150 valence electrons. The fraction of sp³-hybridized carbons (Fsp3) is 0.333. The number of benzene rings is 2. The molecule has 2 heterocycles. The number of nitrogens with zero attached hydrogens (tertiary/aromatic N) is 3. The van der Waals surface area contributed by atoms with E-state index >= 15 is 0 Å². The van der Waals surface area contributed by atoms with Crippen LogP contribution < -0.4 is 15.0 Å². The van der Waals surface area contributed by atoms with E-state index in [9.17, 15) is 0 Å². The lowest BCUT2D eigenvalue weighted by Crippen LogP contribution is -2.35. The van der Waals surface area contributed by atoms with Gasteiger partial charge < -0.3 is 15.0 Å². The minimum Gasteiger partial charge on any atom is -0.495 e. The van der Waals surface area contributed by atoms with Crippen molar-refractivity contribution in [2.75, 3.05) is 30.4 Å². The highest BCUT2D eigenvalue weighted by atomic mass is 16.5. The monoisotopic (exact) mass is 388 g/mol. The third-order valence-corrected chi connectivity index (χ3v) is 5.50. The summed E-state index contributed by atoms with van der Waals surface area (Å²) >= 11 is 0. The lowest BCUT2D eigenvalue weighted by atomic mass is 9.90. The molecule has 0 spiro atoms. The minimum atomic E-state index is 0.739. The van der Waals surface area contributed by atoms with Crippen LogP contribution in [0, 0.1) is 12.8 Å². The molecular formula is C24H28N4O. The highest BCUT2D eigenvalue weighted by molar-refractivity contribution is 5.65. The van der Waals surface area contributed by atoms with E-state index in [1.807, 2.05) is 37.3 Å². The first-order valence-electron chi connectivity index (χ1n) is 10.3. The molecule has 2 aromatic carbocycles. The molecule has 3 aromatic rings. The number of nitrogens with one attached hydrogen (secondary N) is 1. The third kappa shape index (κ3) is 4.86. The first-order valence-corrected chi connectivity index (χ1v) is 10.3. The third-order valence-electron chi connectivity index (χ3n) is 5.50. The molecular weight excluding hydrogens is 360 g/mol. The summed E-state index contributed by atoms with van der Waals surface area (Å²) in [4.78, 5) is 11.6. The number of methoxy groups -OCH3 is 1. The van der Waals surface area contributed by atoms with E-state index in [-0.39, 0.29) is 0 Å². The fourth-order valence-corrected chi connectivity index (χ4v) is 3.98. The Kier molecular flexibility index (Phi) is 5.94.